The highest BCUT2D eigenvalue weighted by atomic mass is 32.2. The van der Waals surface area contributed by atoms with Crippen LogP contribution in [0.15, 0.2) is 53.4 Å². The predicted octanol–water partition coefficient (Wildman–Crippen LogP) is 6.47. The summed E-state index contributed by atoms with van der Waals surface area (Å²) in [6, 6.07) is 16.2. The van der Waals surface area contributed by atoms with Gasteiger partial charge in [0.2, 0.25) is 11.8 Å². The maximum Gasteiger partial charge on any atom is 0.241 e. The number of anilines is 1. The smallest absolute Gasteiger partial charge is 0.241 e. The van der Waals surface area contributed by atoms with E-state index in [1.54, 1.807) is 11.8 Å². The quantitative estimate of drug-likeness (QED) is 0.457. The van der Waals surface area contributed by atoms with Crippen LogP contribution in [0.3, 0.4) is 0 Å². The summed E-state index contributed by atoms with van der Waals surface area (Å²) in [6.07, 6.45) is 9.96. The van der Waals surface area contributed by atoms with E-state index >= 15 is 0 Å². The second-order valence-corrected chi connectivity index (χ2v) is 10.1. The van der Waals surface area contributed by atoms with Gasteiger partial charge in [-0.2, -0.15) is 0 Å². The van der Waals surface area contributed by atoms with E-state index in [2.05, 4.69) is 23.5 Å². The van der Waals surface area contributed by atoms with Crippen LogP contribution in [0.4, 0.5) is 5.69 Å². The Bertz CT molecular complexity index is 1130. The molecule has 5 rings (SSSR count). The van der Waals surface area contributed by atoms with E-state index in [0.717, 1.165) is 61.0 Å². The number of aromatic nitrogens is 1. The van der Waals surface area contributed by atoms with E-state index in [-0.39, 0.29) is 17.7 Å². The van der Waals surface area contributed by atoms with Gasteiger partial charge in [0, 0.05) is 27.6 Å². The Morgan fingerprint density at radius 3 is 2.47 bits per heavy atom. The number of hydrogen-bond acceptors (Lipinski definition) is 3. The lowest BCUT2D eigenvalue weighted by Gasteiger charge is -2.20. The van der Waals surface area contributed by atoms with Gasteiger partial charge >= 0.3 is 0 Å². The SMILES string of the molecule is O=C(Nc1ccc(SCC(=O)n2c3c(c4ccccc42)CCCC3)cc1)C1CCCCC1. The van der Waals surface area contributed by atoms with Gasteiger partial charge in [-0.05, 0) is 74.4 Å². The van der Waals surface area contributed by atoms with Crippen LogP contribution >= 0.6 is 11.8 Å². The molecule has 3 aromatic rings. The van der Waals surface area contributed by atoms with Crippen LogP contribution in [0.1, 0.15) is 61.0 Å². The molecule has 32 heavy (non-hydrogen) atoms. The lowest BCUT2D eigenvalue weighted by molar-refractivity contribution is -0.120. The maximum atomic E-state index is 13.2. The van der Waals surface area contributed by atoms with Crippen molar-refractivity contribution < 1.29 is 9.59 Å². The molecular formula is C27H30N2O2S. The lowest BCUT2D eigenvalue weighted by atomic mass is 9.88. The minimum absolute atomic E-state index is 0.143. The first-order valence-electron chi connectivity index (χ1n) is 11.9. The molecule has 5 heteroatoms. The lowest BCUT2D eigenvalue weighted by Crippen LogP contribution is -2.24. The maximum absolute atomic E-state index is 13.2. The largest absolute Gasteiger partial charge is 0.326 e. The Kier molecular flexibility index (Phi) is 6.35. The van der Waals surface area contributed by atoms with Crippen LogP contribution in [-0.2, 0) is 17.6 Å². The molecule has 1 saturated carbocycles. The number of nitrogens with zero attached hydrogens (tertiary/aromatic N) is 1. The van der Waals surface area contributed by atoms with Gasteiger partial charge in [0.15, 0.2) is 0 Å². The van der Waals surface area contributed by atoms with Crippen molar-refractivity contribution in [2.24, 2.45) is 5.92 Å². The van der Waals surface area contributed by atoms with Gasteiger partial charge in [-0.1, -0.05) is 37.5 Å². The van der Waals surface area contributed by atoms with Crippen molar-refractivity contribution in [1.82, 2.24) is 4.57 Å². The highest BCUT2D eigenvalue weighted by Crippen LogP contribution is 2.33. The summed E-state index contributed by atoms with van der Waals surface area (Å²) in [5, 5.41) is 4.30. The van der Waals surface area contributed by atoms with Crippen LogP contribution in [0.2, 0.25) is 0 Å². The Labute approximate surface area is 193 Å². The molecule has 2 aromatic carbocycles. The van der Waals surface area contributed by atoms with Crippen molar-refractivity contribution in [3.63, 3.8) is 0 Å². The first-order valence-corrected chi connectivity index (χ1v) is 12.9. The van der Waals surface area contributed by atoms with Gasteiger partial charge in [-0.3, -0.25) is 14.2 Å². The molecule has 1 fully saturated rings. The molecule has 1 aromatic heterocycles. The highest BCUT2D eigenvalue weighted by molar-refractivity contribution is 8.00. The summed E-state index contributed by atoms with van der Waals surface area (Å²) in [6.45, 7) is 0. The van der Waals surface area contributed by atoms with Gasteiger partial charge in [0.05, 0.1) is 11.3 Å². The summed E-state index contributed by atoms with van der Waals surface area (Å²) < 4.78 is 1.97. The fourth-order valence-electron chi connectivity index (χ4n) is 5.23. The molecule has 0 spiro atoms. The third-order valence-corrected chi connectivity index (χ3v) is 7.89. The Balaban J connectivity index is 1.24. The van der Waals surface area contributed by atoms with Crippen molar-refractivity contribution in [3.05, 3.63) is 59.8 Å². The monoisotopic (exact) mass is 446 g/mol. The number of fused-ring (bicyclic) bond motifs is 3. The number of rotatable bonds is 5. The van der Waals surface area contributed by atoms with Crippen molar-refractivity contribution in [1.29, 1.82) is 0 Å². The number of thioether (sulfide) groups is 1. The van der Waals surface area contributed by atoms with Gasteiger partial charge in [0.25, 0.3) is 0 Å². The normalized spacial score (nSPS) is 16.6. The number of carbonyl (C=O) groups excluding carboxylic acids is 2. The zero-order valence-electron chi connectivity index (χ0n) is 18.4. The number of benzene rings is 2. The Morgan fingerprint density at radius 1 is 0.906 bits per heavy atom. The molecule has 4 nitrogen and oxygen atoms in total. The molecule has 2 aliphatic carbocycles. The first kappa shape index (κ1) is 21.3. The van der Waals surface area contributed by atoms with Crippen LogP contribution in [0.5, 0.6) is 0 Å². The molecule has 0 radical (unpaired) electrons. The second kappa shape index (κ2) is 9.53. The van der Waals surface area contributed by atoms with E-state index in [4.69, 9.17) is 0 Å². The summed E-state index contributed by atoms with van der Waals surface area (Å²) in [5.74, 6) is 0.838. The fourth-order valence-corrected chi connectivity index (χ4v) is 5.98. The summed E-state index contributed by atoms with van der Waals surface area (Å²) in [7, 11) is 0. The van der Waals surface area contributed by atoms with E-state index in [0.29, 0.717) is 5.75 Å². The van der Waals surface area contributed by atoms with Crippen molar-refractivity contribution in [2.45, 2.75) is 62.7 Å². The number of nitrogens with one attached hydrogen (secondary N) is 1. The molecule has 0 aliphatic heterocycles. The summed E-state index contributed by atoms with van der Waals surface area (Å²) >= 11 is 1.56. The third-order valence-electron chi connectivity index (χ3n) is 6.89. The molecule has 166 valence electrons. The molecule has 2 aliphatic rings. The summed E-state index contributed by atoms with van der Waals surface area (Å²) in [4.78, 5) is 26.7. The minimum Gasteiger partial charge on any atom is -0.326 e. The van der Waals surface area contributed by atoms with E-state index in [1.807, 2.05) is 34.9 Å². The van der Waals surface area contributed by atoms with Gasteiger partial charge in [-0.25, -0.2) is 0 Å². The second-order valence-electron chi connectivity index (χ2n) is 9.02. The van der Waals surface area contributed by atoms with Crippen molar-refractivity contribution >= 4 is 40.2 Å². The van der Waals surface area contributed by atoms with Crippen molar-refractivity contribution in [2.75, 3.05) is 11.1 Å². The topological polar surface area (TPSA) is 51.1 Å². The molecule has 0 unspecified atom stereocenters. The zero-order chi connectivity index (χ0) is 21.9. The number of para-hydroxylation sites is 1. The van der Waals surface area contributed by atoms with E-state index in [1.165, 1.54) is 29.5 Å². The highest BCUT2D eigenvalue weighted by Gasteiger charge is 2.23. The molecule has 0 atom stereocenters. The number of hydrogen-bond donors (Lipinski definition) is 1. The molecule has 0 saturated heterocycles. The van der Waals surface area contributed by atoms with E-state index in [9.17, 15) is 9.59 Å². The van der Waals surface area contributed by atoms with Crippen molar-refractivity contribution in [3.8, 4) is 0 Å². The number of carbonyl (C=O) groups is 2. The van der Waals surface area contributed by atoms with Crippen LogP contribution < -0.4 is 5.32 Å². The molecule has 1 heterocycles. The number of aryl methyl sites for hydroxylation is 1. The molecule has 1 N–H and O–H groups in total. The van der Waals surface area contributed by atoms with Gasteiger partial charge < -0.3 is 5.32 Å². The molecule has 0 bridgehead atoms. The van der Waals surface area contributed by atoms with Crippen LogP contribution in [0.25, 0.3) is 10.9 Å². The zero-order valence-corrected chi connectivity index (χ0v) is 19.3. The van der Waals surface area contributed by atoms with Gasteiger partial charge in [-0.15, -0.1) is 11.8 Å². The third kappa shape index (κ3) is 4.36. The summed E-state index contributed by atoms with van der Waals surface area (Å²) in [5.41, 5.74) is 4.46. The van der Waals surface area contributed by atoms with E-state index < -0.39 is 0 Å². The average molecular weight is 447 g/mol. The molecular weight excluding hydrogens is 416 g/mol. The average Bonchev–Trinajstić information content (AvgIpc) is 3.18. The molecule has 1 amide bonds. The fraction of sp³-hybridized carbons (Fsp3) is 0.407. The first-order chi connectivity index (χ1) is 15.7. The predicted molar refractivity (Wildman–Crippen MR) is 132 cm³/mol. The minimum atomic E-state index is 0.143. The van der Waals surface area contributed by atoms with Crippen LogP contribution in [-0.4, -0.2) is 22.1 Å². The number of amides is 1. The van der Waals surface area contributed by atoms with Gasteiger partial charge in [0.1, 0.15) is 0 Å². The Hall–Kier alpha value is -2.53. The Morgan fingerprint density at radius 2 is 1.66 bits per heavy atom. The standard InChI is InChI=1S/C27H30N2O2S/c30-26(29-24-12-6-4-10-22(24)23-11-5-7-13-25(23)29)18-32-21-16-14-20(15-17-21)28-27(31)19-8-2-1-3-9-19/h4,6,10,12,14-17,19H,1-3,5,7-9,11,13,18H2,(H,28,31). The van der Waals surface area contributed by atoms with Crippen LogP contribution in [0, 0.1) is 5.92 Å².